The number of nitrogens with zero attached hydrogens (tertiary/aromatic N) is 2. The zero-order chi connectivity index (χ0) is 21.3. The molecule has 0 N–H and O–H groups in total. The number of rotatable bonds is 4. The van der Waals surface area contributed by atoms with Gasteiger partial charge in [-0.1, -0.05) is 18.7 Å². The molecule has 150 valence electrons. The van der Waals surface area contributed by atoms with Crippen molar-refractivity contribution in [3.05, 3.63) is 81.7 Å². The summed E-state index contributed by atoms with van der Waals surface area (Å²) in [5.74, 6) is 1.70. The van der Waals surface area contributed by atoms with Crippen molar-refractivity contribution in [2.75, 3.05) is 0 Å². The van der Waals surface area contributed by atoms with Gasteiger partial charge in [0.1, 0.15) is 16.9 Å². The lowest BCUT2D eigenvalue weighted by molar-refractivity contribution is 0.473. The molecule has 0 atom stereocenters. The van der Waals surface area contributed by atoms with E-state index >= 15 is 0 Å². The average Bonchev–Trinajstić information content (AvgIpc) is 3.39. The summed E-state index contributed by atoms with van der Waals surface area (Å²) in [7, 11) is 0. The van der Waals surface area contributed by atoms with Crippen LogP contribution in [0.25, 0.3) is 44.6 Å². The van der Waals surface area contributed by atoms with E-state index < -0.39 is 5.63 Å². The van der Waals surface area contributed by atoms with Crippen molar-refractivity contribution in [3.8, 4) is 32.5 Å². The van der Waals surface area contributed by atoms with Crippen LogP contribution in [0.4, 0.5) is 0 Å². The van der Waals surface area contributed by atoms with Crippen LogP contribution >= 0.6 is 11.3 Å². The maximum atomic E-state index is 12.5. The molecule has 0 aliphatic carbocycles. The van der Waals surface area contributed by atoms with Crippen LogP contribution in [0.2, 0.25) is 0 Å². The summed E-state index contributed by atoms with van der Waals surface area (Å²) < 4.78 is 11.2. The standard InChI is InChI=1S/C24H20N2O3S/c1-5-6-14(2)23-15(3)11-17(24(27)29-23)18-12-26-19(13-25-18)21-9-10-22(30-21)20-8-7-16(4)28-20/h5-13H,3H2,1-2,4H3/b6-5-,23-14-. The van der Waals surface area contributed by atoms with Gasteiger partial charge >= 0.3 is 5.63 Å². The summed E-state index contributed by atoms with van der Waals surface area (Å²) >= 11 is 1.57. The van der Waals surface area contributed by atoms with Crippen LogP contribution in [-0.4, -0.2) is 9.97 Å². The summed E-state index contributed by atoms with van der Waals surface area (Å²) in [4.78, 5) is 23.4. The molecule has 0 unspecified atom stereocenters. The highest BCUT2D eigenvalue weighted by atomic mass is 32.1. The summed E-state index contributed by atoms with van der Waals surface area (Å²) in [6, 6.07) is 9.57. The Balaban J connectivity index is 1.67. The van der Waals surface area contributed by atoms with Gasteiger partial charge in [0, 0.05) is 5.22 Å². The fourth-order valence-corrected chi connectivity index (χ4v) is 4.05. The van der Waals surface area contributed by atoms with E-state index in [9.17, 15) is 4.79 Å². The zero-order valence-corrected chi connectivity index (χ0v) is 17.7. The van der Waals surface area contributed by atoms with Crippen molar-refractivity contribution >= 4 is 23.5 Å². The number of hydrogen-bond acceptors (Lipinski definition) is 6. The smallest absolute Gasteiger partial charge is 0.345 e. The minimum Gasteiger partial charge on any atom is -0.461 e. The molecule has 0 bridgehead atoms. The molecule has 0 fully saturated rings. The van der Waals surface area contributed by atoms with Gasteiger partial charge in [-0.15, -0.1) is 11.3 Å². The molecule has 0 radical (unpaired) electrons. The Morgan fingerprint density at radius 3 is 2.47 bits per heavy atom. The van der Waals surface area contributed by atoms with E-state index in [4.69, 9.17) is 8.83 Å². The average molecular weight is 417 g/mol. The van der Waals surface area contributed by atoms with Crippen LogP contribution in [0.15, 0.2) is 68.5 Å². The maximum Gasteiger partial charge on any atom is 0.345 e. The second-order valence-electron chi connectivity index (χ2n) is 6.85. The first-order valence-electron chi connectivity index (χ1n) is 9.42. The largest absolute Gasteiger partial charge is 0.461 e. The third-order valence-electron chi connectivity index (χ3n) is 4.57. The van der Waals surface area contributed by atoms with Crippen molar-refractivity contribution in [2.24, 2.45) is 0 Å². The van der Waals surface area contributed by atoms with Crippen molar-refractivity contribution < 1.29 is 8.83 Å². The molecule has 4 heterocycles. The number of thiophene rings is 1. The molecule has 30 heavy (non-hydrogen) atoms. The Morgan fingerprint density at radius 1 is 1.07 bits per heavy atom. The molecular formula is C24H20N2O3S. The Morgan fingerprint density at radius 2 is 1.80 bits per heavy atom. The number of aryl methyl sites for hydroxylation is 1. The molecule has 0 saturated carbocycles. The molecule has 6 heteroatoms. The molecule has 0 aromatic carbocycles. The molecule has 0 spiro atoms. The van der Waals surface area contributed by atoms with E-state index in [-0.39, 0.29) is 0 Å². The number of aromatic nitrogens is 2. The summed E-state index contributed by atoms with van der Waals surface area (Å²) in [5, 5.41) is 0.628. The normalized spacial score (nSPS) is 12.5. The van der Waals surface area contributed by atoms with Crippen molar-refractivity contribution in [1.82, 2.24) is 9.97 Å². The third kappa shape index (κ3) is 3.82. The van der Waals surface area contributed by atoms with Gasteiger partial charge in [-0.3, -0.25) is 9.97 Å². The first kappa shape index (κ1) is 19.8. The Bertz CT molecular complexity index is 1410. The lowest BCUT2D eigenvalue weighted by Gasteiger charge is -2.02. The van der Waals surface area contributed by atoms with Crippen molar-refractivity contribution in [1.29, 1.82) is 0 Å². The second kappa shape index (κ2) is 8.08. The van der Waals surface area contributed by atoms with E-state index in [0.29, 0.717) is 21.9 Å². The van der Waals surface area contributed by atoms with Crippen molar-refractivity contribution in [3.63, 3.8) is 0 Å². The van der Waals surface area contributed by atoms with Gasteiger partial charge < -0.3 is 8.83 Å². The predicted molar refractivity (Wildman–Crippen MR) is 120 cm³/mol. The lowest BCUT2D eigenvalue weighted by Crippen LogP contribution is -2.30. The summed E-state index contributed by atoms with van der Waals surface area (Å²) in [6.45, 7) is 9.71. The van der Waals surface area contributed by atoms with Crippen LogP contribution in [0.1, 0.15) is 19.6 Å². The van der Waals surface area contributed by atoms with Gasteiger partial charge in [-0.25, -0.2) is 4.79 Å². The van der Waals surface area contributed by atoms with Crippen LogP contribution < -0.4 is 16.3 Å². The molecular weight excluding hydrogens is 396 g/mol. The minimum absolute atomic E-state index is 0.342. The highest BCUT2D eigenvalue weighted by Gasteiger charge is 2.12. The Hall–Kier alpha value is -3.51. The summed E-state index contributed by atoms with van der Waals surface area (Å²) in [6.07, 6.45) is 7.00. The van der Waals surface area contributed by atoms with Gasteiger partial charge in [0.2, 0.25) is 0 Å². The van der Waals surface area contributed by atoms with Crippen molar-refractivity contribution in [2.45, 2.75) is 20.8 Å². The third-order valence-corrected chi connectivity index (χ3v) is 5.69. The lowest BCUT2D eigenvalue weighted by atomic mass is 10.1. The molecule has 0 aliphatic rings. The first-order valence-corrected chi connectivity index (χ1v) is 10.2. The van der Waals surface area contributed by atoms with E-state index in [1.807, 2.05) is 57.2 Å². The predicted octanol–water partition coefficient (Wildman–Crippen LogP) is 4.55. The molecule has 4 rings (SSSR count). The molecule has 0 saturated heterocycles. The highest BCUT2D eigenvalue weighted by molar-refractivity contribution is 7.18. The van der Waals surface area contributed by atoms with Gasteiger partial charge in [0.05, 0.1) is 39.1 Å². The monoisotopic (exact) mass is 416 g/mol. The van der Waals surface area contributed by atoms with Crippen LogP contribution in [0, 0.1) is 6.92 Å². The Labute approximate surface area is 177 Å². The zero-order valence-electron chi connectivity index (χ0n) is 16.9. The number of allylic oxidation sites excluding steroid dienone is 2. The molecule has 4 aromatic heterocycles. The van der Waals surface area contributed by atoms with Gasteiger partial charge in [-0.2, -0.15) is 0 Å². The van der Waals surface area contributed by atoms with Gasteiger partial charge in [-0.05, 0) is 56.7 Å². The van der Waals surface area contributed by atoms with Crippen LogP contribution in [0.3, 0.4) is 0 Å². The number of hydrogen-bond donors (Lipinski definition) is 0. The quantitative estimate of drug-likeness (QED) is 0.488. The van der Waals surface area contributed by atoms with E-state index in [2.05, 4.69) is 16.5 Å². The first-order chi connectivity index (χ1) is 14.5. The maximum absolute atomic E-state index is 12.5. The van der Waals surface area contributed by atoms with Crippen LogP contribution in [-0.2, 0) is 0 Å². The van der Waals surface area contributed by atoms with E-state index in [1.54, 1.807) is 29.8 Å². The van der Waals surface area contributed by atoms with Crippen LogP contribution in [0.5, 0.6) is 0 Å². The second-order valence-corrected chi connectivity index (χ2v) is 7.93. The SMILES string of the molecule is C=c1cc(-c2cnc(-c3ccc(-c4ccc(C)o4)s3)cn2)c(=O)o/c1=C(C)\C=C/C. The fraction of sp³-hybridized carbons (Fsp3) is 0.125. The minimum atomic E-state index is -0.463. The van der Waals surface area contributed by atoms with E-state index in [1.165, 1.54) is 0 Å². The van der Waals surface area contributed by atoms with E-state index in [0.717, 1.165) is 32.5 Å². The number of furan rings is 1. The topological polar surface area (TPSA) is 69.1 Å². The molecule has 5 nitrogen and oxygen atoms in total. The van der Waals surface area contributed by atoms with Gasteiger partial charge in [0.15, 0.2) is 0 Å². The molecule has 0 amide bonds. The Kier molecular flexibility index (Phi) is 5.33. The highest BCUT2D eigenvalue weighted by Crippen LogP contribution is 2.34. The molecule has 0 aliphatic heterocycles. The molecule has 4 aromatic rings. The summed E-state index contributed by atoms with van der Waals surface area (Å²) in [5.41, 5.74) is 2.37. The fourth-order valence-electron chi connectivity index (χ4n) is 3.12. The van der Waals surface area contributed by atoms with Gasteiger partial charge in [0.25, 0.3) is 0 Å².